The van der Waals surface area contributed by atoms with Gasteiger partial charge in [0.1, 0.15) is 0 Å². The number of carbonyl (C=O) groups is 1. The molecule has 1 N–H and O–H groups in total. The van der Waals surface area contributed by atoms with Gasteiger partial charge >= 0.3 is 5.97 Å². The van der Waals surface area contributed by atoms with Crippen molar-refractivity contribution in [2.45, 2.75) is 52.9 Å². The number of unbranched alkanes of at least 4 members (excludes halogenated alkanes) is 1. The summed E-state index contributed by atoms with van der Waals surface area (Å²) in [5.41, 5.74) is -0.0174. The van der Waals surface area contributed by atoms with Crippen molar-refractivity contribution in [3.05, 3.63) is 0 Å². The molecular formula is C12H24O3. The molecule has 0 rings (SSSR count). The second-order valence-corrected chi connectivity index (χ2v) is 4.21. The maximum atomic E-state index is 10.8. The normalized spacial score (nSPS) is 14.7. The van der Waals surface area contributed by atoms with Crippen molar-refractivity contribution < 1.29 is 14.6 Å². The largest absolute Gasteiger partial charge is 0.465 e. The molecule has 0 saturated heterocycles. The van der Waals surface area contributed by atoms with E-state index < -0.39 is 0 Å². The first-order valence-electron chi connectivity index (χ1n) is 5.84. The van der Waals surface area contributed by atoms with Crippen molar-refractivity contribution in [1.82, 2.24) is 0 Å². The van der Waals surface area contributed by atoms with Crippen LogP contribution in [0.5, 0.6) is 0 Å². The van der Waals surface area contributed by atoms with E-state index in [2.05, 4.69) is 13.8 Å². The molecule has 0 aliphatic rings. The Morgan fingerprint density at radius 2 is 2.00 bits per heavy atom. The van der Waals surface area contributed by atoms with Gasteiger partial charge in [-0.25, -0.2) is 0 Å². The highest BCUT2D eigenvalue weighted by Gasteiger charge is 2.28. The zero-order valence-corrected chi connectivity index (χ0v) is 10.2. The van der Waals surface area contributed by atoms with Gasteiger partial charge in [0.25, 0.3) is 0 Å². The molecule has 0 radical (unpaired) electrons. The molecule has 0 spiro atoms. The molecule has 0 aromatic heterocycles. The molecule has 0 bridgehead atoms. The quantitative estimate of drug-likeness (QED) is 0.634. The maximum absolute atomic E-state index is 10.8. The zero-order valence-electron chi connectivity index (χ0n) is 10.2. The maximum Gasteiger partial charge on any atom is 0.302 e. The number of hydrogen-bond acceptors (Lipinski definition) is 3. The summed E-state index contributed by atoms with van der Waals surface area (Å²) >= 11 is 0. The monoisotopic (exact) mass is 216 g/mol. The Morgan fingerprint density at radius 3 is 2.40 bits per heavy atom. The van der Waals surface area contributed by atoms with E-state index in [1.54, 1.807) is 0 Å². The molecule has 3 nitrogen and oxygen atoms in total. The minimum Gasteiger partial charge on any atom is -0.465 e. The molecule has 0 aliphatic heterocycles. The third-order valence-corrected chi connectivity index (χ3v) is 3.03. The van der Waals surface area contributed by atoms with E-state index >= 15 is 0 Å². The van der Waals surface area contributed by atoms with Crippen LogP contribution in [0.3, 0.4) is 0 Å². The van der Waals surface area contributed by atoms with E-state index in [0.29, 0.717) is 6.61 Å². The van der Waals surface area contributed by atoms with Crippen LogP contribution >= 0.6 is 0 Å². The molecule has 0 fully saturated rings. The first-order valence-corrected chi connectivity index (χ1v) is 5.84. The third-order valence-electron chi connectivity index (χ3n) is 3.03. The predicted octanol–water partition coefficient (Wildman–Crippen LogP) is 2.52. The highest BCUT2D eigenvalue weighted by Crippen LogP contribution is 2.33. The first kappa shape index (κ1) is 14.4. The molecule has 1 unspecified atom stereocenters. The number of esters is 1. The van der Waals surface area contributed by atoms with Crippen LogP contribution in [0.15, 0.2) is 0 Å². The molecule has 0 aliphatic carbocycles. The standard InChI is InChI=1S/C12H24O3/c1-4-6-7-12(5-2,8-9-13)10-15-11(3)14/h13H,4-10H2,1-3H3. The van der Waals surface area contributed by atoms with E-state index in [4.69, 9.17) is 9.84 Å². The van der Waals surface area contributed by atoms with E-state index in [1.165, 1.54) is 6.92 Å². The number of carbonyl (C=O) groups excluding carboxylic acids is 1. The van der Waals surface area contributed by atoms with Crippen LogP contribution in [0.25, 0.3) is 0 Å². The van der Waals surface area contributed by atoms with Gasteiger partial charge in [-0.2, -0.15) is 0 Å². The second-order valence-electron chi connectivity index (χ2n) is 4.21. The second kappa shape index (κ2) is 7.69. The molecule has 15 heavy (non-hydrogen) atoms. The summed E-state index contributed by atoms with van der Waals surface area (Å²) in [6, 6.07) is 0. The van der Waals surface area contributed by atoms with E-state index in [9.17, 15) is 4.79 Å². The molecule has 3 heteroatoms. The van der Waals surface area contributed by atoms with Crippen LogP contribution in [0.1, 0.15) is 52.9 Å². The van der Waals surface area contributed by atoms with Gasteiger partial charge in [-0.3, -0.25) is 4.79 Å². The van der Waals surface area contributed by atoms with Crippen molar-refractivity contribution >= 4 is 5.97 Å². The first-order chi connectivity index (χ1) is 7.10. The van der Waals surface area contributed by atoms with E-state index in [-0.39, 0.29) is 18.0 Å². The number of aliphatic hydroxyl groups excluding tert-OH is 1. The van der Waals surface area contributed by atoms with Crippen molar-refractivity contribution in [3.8, 4) is 0 Å². The molecular weight excluding hydrogens is 192 g/mol. The van der Waals surface area contributed by atoms with Crippen LogP contribution in [-0.2, 0) is 9.53 Å². The van der Waals surface area contributed by atoms with Gasteiger partial charge < -0.3 is 9.84 Å². The summed E-state index contributed by atoms with van der Waals surface area (Å²) in [5, 5.41) is 9.06. The lowest BCUT2D eigenvalue weighted by Gasteiger charge is -2.31. The number of hydrogen-bond donors (Lipinski definition) is 1. The Bertz CT molecular complexity index is 180. The van der Waals surface area contributed by atoms with Crippen molar-refractivity contribution in [2.24, 2.45) is 5.41 Å². The Labute approximate surface area is 92.8 Å². The zero-order chi connectivity index (χ0) is 11.7. The van der Waals surface area contributed by atoms with Crippen molar-refractivity contribution in [1.29, 1.82) is 0 Å². The molecule has 0 aromatic rings. The van der Waals surface area contributed by atoms with Crippen molar-refractivity contribution in [2.75, 3.05) is 13.2 Å². The number of ether oxygens (including phenoxy) is 1. The fraction of sp³-hybridized carbons (Fsp3) is 0.917. The molecule has 1 atom stereocenters. The van der Waals surface area contributed by atoms with Crippen LogP contribution in [-0.4, -0.2) is 24.3 Å². The lowest BCUT2D eigenvalue weighted by molar-refractivity contribution is -0.145. The Hall–Kier alpha value is -0.570. The van der Waals surface area contributed by atoms with Crippen LogP contribution in [0.2, 0.25) is 0 Å². The Balaban J connectivity index is 4.27. The molecule has 0 amide bonds. The topological polar surface area (TPSA) is 46.5 Å². The minimum absolute atomic E-state index is 0.0174. The average Bonchev–Trinajstić information content (AvgIpc) is 2.22. The highest BCUT2D eigenvalue weighted by molar-refractivity contribution is 5.65. The van der Waals surface area contributed by atoms with Crippen LogP contribution < -0.4 is 0 Å². The van der Waals surface area contributed by atoms with E-state index in [0.717, 1.165) is 32.1 Å². The van der Waals surface area contributed by atoms with Gasteiger partial charge in [-0.1, -0.05) is 26.7 Å². The van der Waals surface area contributed by atoms with Crippen molar-refractivity contribution in [3.63, 3.8) is 0 Å². The van der Waals surface area contributed by atoms with Gasteiger partial charge in [0.2, 0.25) is 0 Å². The fourth-order valence-electron chi connectivity index (χ4n) is 1.77. The van der Waals surface area contributed by atoms with Gasteiger partial charge in [-0.15, -0.1) is 0 Å². The summed E-state index contributed by atoms with van der Waals surface area (Å²) in [7, 11) is 0. The minimum atomic E-state index is -0.234. The van der Waals surface area contributed by atoms with Crippen LogP contribution in [0.4, 0.5) is 0 Å². The highest BCUT2D eigenvalue weighted by atomic mass is 16.5. The summed E-state index contributed by atoms with van der Waals surface area (Å²) in [6.45, 7) is 6.28. The smallest absolute Gasteiger partial charge is 0.302 e. The van der Waals surface area contributed by atoms with Crippen LogP contribution in [0, 0.1) is 5.41 Å². The summed E-state index contributed by atoms with van der Waals surface area (Å²) < 4.78 is 5.10. The third kappa shape index (κ3) is 5.78. The molecule has 0 saturated carbocycles. The fourth-order valence-corrected chi connectivity index (χ4v) is 1.77. The summed E-state index contributed by atoms with van der Waals surface area (Å²) in [6.07, 6.45) is 4.94. The molecule has 0 aromatic carbocycles. The van der Waals surface area contributed by atoms with Gasteiger partial charge in [0.15, 0.2) is 0 Å². The predicted molar refractivity (Wildman–Crippen MR) is 60.6 cm³/mol. The number of rotatable bonds is 8. The Kier molecular flexibility index (Phi) is 7.39. The van der Waals surface area contributed by atoms with Gasteiger partial charge in [0.05, 0.1) is 6.61 Å². The van der Waals surface area contributed by atoms with E-state index in [1.807, 2.05) is 0 Å². The lowest BCUT2D eigenvalue weighted by atomic mass is 9.78. The summed E-state index contributed by atoms with van der Waals surface area (Å²) in [4.78, 5) is 10.8. The molecule has 90 valence electrons. The summed E-state index contributed by atoms with van der Waals surface area (Å²) in [5.74, 6) is -0.234. The average molecular weight is 216 g/mol. The van der Waals surface area contributed by atoms with Gasteiger partial charge in [0, 0.05) is 18.9 Å². The van der Waals surface area contributed by atoms with Gasteiger partial charge in [-0.05, 0) is 19.3 Å². The molecule has 0 heterocycles. The Morgan fingerprint density at radius 1 is 1.33 bits per heavy atom. The SMILES string of the molecule is CCCCC(CC)(CCO)COC(C)=O. The number of aliphatic hydroxyl groups is 1. The lowest BCUT2D eigenvalue weighted by Crippen LogP contribution is -2.28.